The van der Waals surface area contributed by atoms with Crippen molar-refractivity contribution >= 4 is 28.8 Å². The lowest BCUT2D eigenvalue weighted by molar-refractivity contribution is 0.500. The van der Waals surface area contributed by atoms with Gasteiger partial charge in [0.05, 0.1) is 35.6 Å². The van der Waals surface area contributed by atoms with Crippen molar-refractivity contribution in [3.8, 4) is 11.3 Å². The van der Waals surface area contributed by atoms with Crippen LogP contribution in [0.4, 0.5) is 37.6 Å². The molecule has 0 bridgehead atoms. The first-order valence-corrected chi connectivity index (χ1v) is 11.9. The minimum absolute atomic E-state index is 0.0266. The van der Waals surface area contributed by atoms with Gasteiger partial charge in [0.25, 0.3) is 0 Å². The number of anilines is 5. The molecule has 2 aliphatic heterocycles. The molecule has 184 valence electrons. The van der Waals surface area contributed by atoms with Gasteiger partial charge in [0.1, 0.15) is 17.3 Å². The zero-order valence-electron chi connectivity index (χ0n) is 20.3. The summed E-state index contributed by atoms with van der Waals surface area (Å²) in [6.45, 7) is 11.0. The van der Waals surface area contributed by atoms with Crippen LogP contribution in [0, 0.1) is 11.6 Å². The van der Waals surface area contributed by atoms with Crippen LogP contribution in [0.3, 0.4) is 0 Å². The highest BCUT2D eigenvalue weighted by Gasteiger charge is 2.31. The number of pyridine rings is 1. The van der Waals surface area contributed by atoms with E-state index in [1.165, 1.54) is 6.07 Å². The normalized spacial score (nSPS) is 19.6. The molecule has 10 heteroatoms. The first kappa shape index (κ1) is 23.2. The van der Waals surface area contributed by atoms with Crippen LogP contribution in [0.5, 0.6) is 0 Å². The van der Waals surface area contributed by atoms with Crippen molar-refractivity contribution in [2.24, 2.45) is 0 Å². The van der Waals surface area contributed by atoms with Gasteiger partial charge in [-0.15, -0.1) is 0 Å². The molecule has 1 saturated heterocycles. The molecule has 0 radical (unpaired) electrons. The van der Waals surface area contributed by atoms with E-state index in [4.69, 9.17) is 0 Å². The minimum Gasteiger partial charge on any atom is -0.365 e. The summed E-state index contributed by atoms with van der Waals surface area (Å²) in [5, 5.41) is 9.58. The third-order valence-electron chi connectivity index (χ3n) is 6.51. The van der Waals surface area contributed by atoms with E-state index in [0.717, 1.165) is 31.5 Å². The molecular weight excluding hydrogens is 450 g/mol. The van der Waals surface area contributed by atoms with Crippen molar-refractivity contribution in [2.75, 3.05) is 40.1 Å². The van der Waals surface area contributed by atoms with Crippen molar-refractivity contribution in [2.45, 2.75) is 45.9 Å². The number of piperazine rings is 1. The molecule has 8 nitrogen and oxygen atoms in total. The molecule has 2 atom stereocenters. The first-order chi connectivity index (χ1) is 16.8. The number of nitrogens with zero attached hydrogens (tertiary/aromatic N) is 5. The minimum atomic E-state index is -0.624. The summed E-state index contributed by atoms with van der Waals surface area (Å²) in [5.74, 6) is -0.344. The molecule has 1 fully saturated rings. The molecule has 35 heavy (non-hydrogen) atoms. The molecule has 4 heterocycles. The molecule has 3 aromatic rings. The van der Waals surface area contributed by atoms with Gasteiger partial charge >= 0.3 is 0 Å². The van der Waals surface area contributed by atoms with Crippen LogP contribution in [0.15, 0.2) is 36.7 Å². The van der Waals surface area contributed by atoms with Gasteiger partial charge < -0.3 is 25.8 Å². The monoisotopic (exact) mass is 480 g/mol. The predicted molar refractivity (Wildman–Crippen MR) is 135 cm³/mol. The average Bonchev–Trinajstić information content (AvgIpc) is 3.18. The van der Waals surface area contributed by atoms with Gasteiger partial charge in [-0.05, 0) is 52.0 Å². The summed E-state index contributed by atoms with van der Waals surface area (Å²) in [6, 6.07) is 7.43. The van der Waals surface area contributed by atoms with Crippen LogP contribution in [0.25, 0.3) is 11.3 Å². The molecule has 1 aromatic carbocycles. The summed E-state index contributed by atoms with van der Waals surface area (Å²) in [7, 11) is 0. The lowest BCUT2D eigenvalue weighted by atomic mass is 10.1. The summed E-state index contributed by atoms with van der Waals surface area (Å²) in [6.07, 6.45) is 2.83. The topological polar surface area (TPSA) is 81.2 Å². The Balaban J connectivity index is 1.41. The molecular formula is C25H30F2N8. The molecule has 0 aliphatic carbocycles. The fraction of sp³-hybridized carbons (Fsp3) is 0.400. The Hall–Kier alpha value is -3.53. The SMILES string of the molecule is CC1CNCCN1c1ccc(Nc2ncc(F)c(-c3cc(F)c4c(c3)N(C(C)C)C(C)N4)n2)nc1. The van der Waals surface area contributed by atoms with Gasteiger partial charge in [0.2, 0.25) is 5.95 Å². The largest absolute Gasteiger partial charge is 0.365 e. The van der Waals surface area contributed by atoms with Crippen LogP contribution >= 0.6 is 0 Å². The Morgan fingerprint density at radius 3 is 2.63 bits per heavy atom. The van der Waals surface area contributed by atoms with Crippen LogP contribution in [-0.4, -0.2) is 52.8 Å². The fourth-order valence-corrected chi connectivity index (χ4v) is 4.89. The Bertz CT molecular complexity index is 1220. The Morgan fingerprint density at radius 1 is 1.09 bits per heavy atom. The summed E-state index contributed by atoms with van der Waals surface area (Å²) < 4.78 is 29.7. The first-order valence-electron chi connectivity index (χ1n) is 11.9. The molecule has 0 spiro atoms. The van der Waals surface area contributed by atoms with E-state index < -0.39 is 11.6 Å². The second-order valence-corrected chi connectivity index (χ2v) is 9.34. The molecule has 2 aromatic heterocycles. The lowest BCUT2D eigenvalue weighted by Gasteiger charge is -2.35. The van der Waals surface area contributed by atoms with Crippen LogP contribution in [-0.2, 0) is 0 Å². The van der Waals surface area contributed by atoms with Gasteiger partial charge in [-0.1, -0.05) is 0 Å². The van der Waals surface area contributed by atoms with Gasteiger partial charge in [-0.25, -0.2) is 23.7 Å². The number of halogens is 2. The van der Waals surface area contributed by atoms with Crippen LogP contribution in [0.1, 0.15) is 27.7 Å². The number of rotatable bonds is 5. The number of aromatic nitrogens is 3. The average molecular weight is 481 g/mol. The quantitative estimate of drug-likeness (QED) is 0.498. The smallest absolute Gasteiger partial charge is 0.229 e. The maximum atomic E-state index is 15.0. The molecule has 3 N–H and O–H groups in total. The molecule has 5 rings (SSSR count). The van der Waals surface area contributed by atoms with Crippen molar-refractivity contribution < 1.29 is 8.78 Å². The third kappa shape index (κ3) is 4.45. The third-order valence-corrected chi connectivity index (χ3v) is 6.51. The molecule has 2 unspecified atom stereocenters. The second-order valence-electron chi connectivity index (χ2n) is 9.34. The fourth-order valence-electron chi connectivity index (χ4n) is 4.89. The molecule has 0 saturated carbocycles. The number of hydrogen-bond acceptors (Lipinski definition) is 8. The van der Waals surface area contributed by atoms with E-state index in [9.17, 15) is 8.78 Å². The zero-order chi connectivity index (χ0) is 24.7. The van der Waals surface area contributed by atoms with Gasteiger partial charge in [-0.3, -0.25) is 0 Å². The second kappa shape index (κ2) is 9.26. The highest BCUT2D eigenvalue weighted by Crippen LogP contribution is 2.41. The number of hydrogen-bond donors (Lipinski definition) is 3. The van der Waals surface area contributed by atoms with E-state index in [0.29, 0.717) is 28.8 Å². The van der Waals surface area contributed by atoms with E-state index in [1.54, 1.807) is 12.3 Å². The Kier molecular flexibility index (Phi) is 6.14. The van der Waals surface area contributed by atoms with Gasteiger partial charge in [-0.2, -0.15) is 0 Å². The number of benzene rings is 1. The predicted octanol–water partition coefficient (Wildman–Crippen LogP) is 4.34. The maximum absolute atomic E-state index is 15.0. The number of fused-ring (bicyclic) bond motifs is 1. The standard InChI is InChI=1S/C25H30F2N8/c1-14(2)35-16(4)31-24-19(26)9-17(10-21(24)35)23-20(27)13-30-25(33-23)32-22-6-5-18(12-29-22)34-8-7-28-11-15(34)3/h5-6,9-10,12-16,28,31H,7-8,11H2,1-4H3,(H,29,30,32,33). The zero-order valence-corrected chi connectivity index (χ0v) is 20.3. The highest BCUT2D eigenvalue weighted by atomic mass is 19.1. The van der Waals surface area contributed by atoms with Crippen LogP contribution < -0.4 is 25.8 Å². The van der Waals surface area contributed by atoms with Gasteiger partial charge in [0, 0.05) is 37.3 Å². The van der Waals surface area contributed by atoms with E-state index in [-0.39, 0.29) is 23.8 Å². The molecule has 0 amide bonds. The lowest BCUT2D eigenvalue weighted by Crippen LogP contribution is -2.49. The van der Waals surface area contributed by atoms with E-state index in [2.05, 4.69) is 47.6 Å². The summed E-state index contributed by atoms with van der Waals surface area (Å²) >= 11 is 0. The van der Waals surface area contributed by atoms with Crippen molar-refractivity contribution in [1.29, 1.82) is 0 Å². The maximum Gasteiger partial charge on any atom is 0.229 e. The Morgan fingerprint density at radius 2 is 1.91 bits per heavy atom. The van der Waals surface area contributed by atoms with Crippen molar-refractivity contribution in [3.63, 3.8) is 0 Å². The summed E-state index contributed by atoms with van der Waals surface area (Å²) in [4.78, 5) is 17.3. The Labute approximate surface area is 203 Å². The number of nitrogens with one attached hydrogen (secondary N) is 3. The highest BCUT2D eigenvalue weighted by molar-refractivity contribution is 5.82. The summed E-state index contributed by atoms with van der Waals surface area (Å²) in [5.41, 5.74) is 2.53. The molecule has 2 aliphatic rings. The van der Waals surface area contributed by atoms with Crippen molar-refractivity contribution in [3.05, 3.63) is 48.3 Å². The van der Waals surface area contributed by atoms with Gasteiger partial charge in [0.15, 0.2) is 5.82 Å². The van der Waals surface area contributed by atoms with Crippen molar-refractivity contribution in [1.82, 2.24) is 20.3 Å². The van der Waals surface area contributed by atoms with E-state index >= 15 is 0 Å². The van der Waals surface area contributed by atoms with Crippen LogP contribution in [0.2, 0.25) is 0 Å². The van der Waals surface area contributed by atoms with E-state index in [1.807, 2.05) is 32.9 Å².